The number of hydrogen-bond acceptors (Lipinski definition) is 1. The third kappa shape index (κ3) is 5.32. The fourth-order valence-electron chi connectivity index (χ4n) is 1.43. The second kappa shape index (κ2) is 10.7. The zero-order valence-corrected chi connectivity index (χ0v) is 12.1. The average Bonchev–Trinajstić information content (AvgIpc) is 2.37. The highest BCUT2D eigenvalue weighted by molar-refractivity contribution is 5.37. The van der Waals surface area contributed by atoms with Gasteiger partial charge in [0.25, 0.3) is 0 Å². The lowest BCUT2D eigenvalue weighted by Crippen LogP contribution is -2.01. The molecular formula is C15H29N. The fraction of sp³-hybridized carbons (Fsp3) is 0.600. The summed E-state index contributed by atoms with van der Waals surface area (Å²) in [6.07, 6.45) is 1.09. The lowest BCUT2D eigenvalue weighted by molar-refractivity contribution is 1.02. The number of benzene rings is 1. The van der Waals surface area contributed by atoms with Gasteiger partial charge in [-0.3, -0.25) is 0 Å². The van der Waals surface area contributed by atoms with Gasteiger partial charge in [0.15, 0.2) is 0 Å². The van der Waals surface area contributed by atoms with E-state index in [2.05, 4.69) is 32.9 Å². The monoisotopic (exact) mass is 223 g/mol. The first kappa shape index (κ1) is 17.6. The summed E-state index contributed by atoms with van der Waals surface area (Å²) in [7, 11) is 0. The van der Waals surface area contributed by atoms with E-state index >= 15 is 0 Å². The highest BCUT2D eigenvalue weighted by atomic mass is 14.5. The minimum atomic E-state index is 0.653. The van der Waals surface area contributed by atoms with Crippen LogP contribution in [0.15, 0.2) is 12.1 Å². The first-order valence-corrected chi connectivity index (χ1v) is 6.48. The zero-order valence-electron chi connectivity index (χ0n) is 12.1. The molecular weight excluding hydrogens is 194 g/mol. The smallest absolute Gasteiger partial charge is 0.0180 e. The number of hydrogen-bond donors (Lipinski definition) is 1. The third-order valence-electron chi connectivity index (χ3n) is 2.46. The van der Waals surface area contributed by atoms with Crippen LogP contribution in [0, 0.1) is 13.8 Å². The Morgan fingerprint density at radius 2 is 1.50 bits per heavy atom. The normalized spacial score (nSPS) is 8.50. The van der Waals surface area contributed by atoms with Gasteiger partial charge in [0.1, 0.15) is 0 Å². The molecule has 2 N–H and O–H groups in total. The SMILES string of the molecule is CC.CC.CCc1cc(C)c(C)c(CN)c1. The van der Waals surface area contributed by atoms with Gasteiger partial charge >= 0.3 is 0 Å². The lowest BCUT2D eigenvalue weighted by atomic mass is 9.98. The molecule has 0 atom stereocenters. The second-order valence-corrected chi connectivity index (χ2v) is 3.25. The maximum Gasteiger partial charge on any atom is 0.0180 e. The van der Waals surface area contributed by atoms with Crippen molar-refractivity contribution in [2.24, 2.45) is 5.73 Å². The van der Waals surface area contributed by atoms with E-state index in [-0.39, 0.29) is 0 Å². The molecule has 1 aromatic rings. The van der Waals surface area contributed by atoms with Crippen molar-refractivity contribution in [3.05, 3.63) is 34.4 Å². The van der Waals surface area contributed by atoms with E-state index in [9.17, 15) is 0 Å². The summed E-state index contributed by atoms with van der Waals surface area (Å²) in [5, 5.41) is 0. The number of aryl methyl sites for hydroxylation is 2. The standard InChI is InChI=1S/C11H17N.2C2H6/c1-4-10-5-8(2)9(3)11(6-10)7-12;2*1-2/h5-6H,4,7,12H2,1-3H3;2*1-2H3. The van der Waals surface area contributed by atoms with Crippen LogP contribution in [0.1, 0.15) is 56.9 Å². The van der Waals surface area contributed by atoms with Crippen LogP contribution in [0.4, 0.5) is 0 Å². The van der Waals surface area contributed by atoms with Crippen molar-refractivity contribution < 1.29 is 0 Å². The van der Waals surface area contributed by atoms with Gasteiger partial charge in [-0.05, 0) is 42.5 Å². The molecule has 0 heterocycles. The number of nitrogens with two attached hydrogens (primary N) is 1. The van der Waals surface area contributed by atoms with Crippen molar-refractivity contribution in [2.75, 3.05) is 0 Å². The molecule has 0 aliphatic rings. The van der Waals surface area contributed by atoms with Crippen molar-refractivity contribution in [1.82, 2.24) is 0 Å². The molecule has 0 aliphatic heterocycles. The van der Waals surface area contributed by atoms with Crippen LogP contribution in [-0.2, 0) is 13.0 Å². The molecule has 0 aliphatic carbocycles. The Bertz CT molecular complexity index is 277. The van der Waals surface area contributed by atoms with E-state index < -0.39 is 0 Å². The quantitative estimate of drug-likeness (QED) is 0.791. The summed E-state index contributed by atoms with van der Waals surface area (Å²) in [6, 6.07) is 4.46. The molecule has 0 unspecified atom stereocenters. The molecule has 0 saturated carbocycles. The summed E-state index contributed by atoms with van der Waals surface area (Å²) >= 11 is 0. The summed E-state index contributed by atoms with van der Waals surface area (Å²) < 4.78 is 0. The molecule has 1 rings (SSSR count). The molecule has 0 bridgehead atoms. The molecule has 0 amide bonds. The number of rotatable bonds is 2. The highest BCUT2D eigenvalue weighted by Gasteiger charge is 2.01. The Morgan fingerprint density at radius 1 is 1.00 bits per heavy atom. The first-order chi connectivity index (χ1) is 7.69. The van der Waals surface area contributed by atoms with Gasteiger partial charge in [0.2, 0.25) is 0 Å². The van der Waals surface area contributed by atoms with E-state index in [0.717, 1.165) is 6.42 Å². The van der Waals surface area contributed by atoms with Crippen molar-refractivity contribution in [3.8, 4) is 0 Å². The van der Waals surface area contributed by atoms with Crippen molar-refractivity contribution in [1.29, 1.82) is 0 Å². The topological polar surface area (TPSA) is 26.0 Å². The third-order valence-corrected chi connectivity index (χ3v) is 2.46. The Balaban J connectivity index is 0. The van der Waals surface area contributed by atoms with Crippen LogP contribution in [0.2, 0.25) is 0 Å². The molecule has 16 heavy (non-hydrogen) atoms. The maximum atomic E-state index is 5.64. The Hall–Kier alpha value is -0.820. The van der Waals surface area contributed by atoms with Crippen molar-refractivity contribution in [3.63, 3.8) is 0 Å². The zero-order chi connectivity index (χ0) is 13.1. The van der Waals surface area contributed by atoms with Crippen LogP contribution in [-0.4, -0.2) is 0 Å². The average molecular weight is 223 g/mol. The maximum absolute atomic E-state index is 5.64. The fourth-order valence-corrected chi connectivity index (χ4v) is 1.43. The van der Waals surface area contributed by atoms with Gasteiger partial charge in [0, 0.05) is 6.54 Å². The summed E-state index contributed by atoms with van der Waals surface area (Å²) in [6.45, 7) is 15.1. The van der Waals surface area contributed by atoms with Crippen LogP contribution < -0.4 is 5.73 Å². The van der Waals surface area contributed by atoms with Crippen molar-refractivity contribution in [2.45, 2.75) is 61.4 Å². The molecule has 0 radical (unpaired) electrons. The van der Waals surface area contributed by atoms with E-state index in [1.807, 2.05) is 27.7 Å². The molecule has 94 valence electrons. The Kier molecular flexibility index (Phi) is 11.7. The molecule has 0 fully saturated rings. The van der Waals surface area contributed by atoms with Gasteiger partial charge in [-0.2, -0.15) is 0 Å². The van der Waals surface area contributed by atoms with Crippen LogP contribution in [0.25, 0.3) is 0 Å². The Morgan fingerprint density at radius 3 is 1.88 bits per heavy atom. The van der Waals surface area contributed by atoms with Crippen molar-refractivity contribution >= 4 is 0 Å². The second-order valence-electron chi connectivity index (χ2n) is 3.25. The van der Waals surface area contributed by atoms with E-state index in [1.165, 1.54) is 22.3 Å². The van der Waals surface area contributed by atoms with Gasteiger partial charge < -0.3 is 5.73 Å². The van der Waals surface area contributed by atoms with Gasteiger partial charge in [-0.1, -0.05) is 46.8 Å². The van der Waals surface area contributed by atoms with E-state index in [0.29, 0.717) is 6.54 Å². The highest BCUT2D eigenvalue weighted by Crippen LogP contribution is 2.16. The summed E-state index contributed by atoms with van der Waals surface area (Å²) in [5.41, 5.74) is 11.0. The predicted octanol–water partition coefficient (Wildman–Crippen LogP) is 4.38. The van der Waals surface area contributed by atoms with Gasteiger partial charge in [-0.15, -0.1) is 0 Å². The summed E-state index contributed by atoms with van der Waals surface area (Å²) in [5.74, 6) is 0. The molecule has 1 nitrogen and oxygen atoms in total. The molecule has 0 spiro atoms. The molecule has 0 saturated heterocycles. The van der Waals surface area contributed by atoms with Crippen LogP contribution >= 0.6 is 0 Å². The van der Waals surface area contributed by atoms with Gasteiger partial charge in [-0.25, -0.2) is 0 Å². The largest absolute Gasteiger partial charge is 0.326 e. The van der Waals surface area contributed by atoms with Gasteiger partial charge in [0.05, 0.1) is 0 Å². The first-order valence-electron chi connectivity index (χ1n) is 6.48. The van der Waals surface area contributed by atoms with Crippen LogP contribution in [0.5, 0.6) is 0 Å². The molecule has 1 aromatic carbocycles. The predicted molar refractivity (Wildman–Crippen MR) is 75.9 cm³/mol. The lowest BCUT2D eigenvalue weighted by Gasteiger charge is -2.09. The van der Waals surface area contributed by atoms with E-state index in [1.54, 1.807) is 0 Å². The Labute approximate surface area is 102 Å². The molecule has 0 aromatic heterocycles. The summed E-state index contributed by atoms with van der Waals surface area (Å²) in [4.78, 5) is 0. The molecule has 1 heteroatoms. The minimum absolute atomic E-state index is 0.653. The van der Waals surface area contributed by atoms with E-state index in [4.69, 9.17) is 5.73 Å². The van der Waals surface area contributed by atoms with Crippen LogP contribution in [0.3, 0.4) is 0 Å². The minimum Gasteiger partial charge on any atom is -0.326 e.